The minimum Gasteiger partial charge on any atom is -0.310 e. The van der Waals surface area contributed by atoms with Gasteiger partial charge in [0.15, 0.2) is 0 Å². The first-order chi connectivity index (χ1) is 34.7. The smallest absolute Gasteiger partial charge is 0.0540 e. The zero-order valence-corrected chi connectivity index (χ0v) is 38.6. The maximum atomic E-state index is 2.41. The van der Waals surface area contributed by atoms with Gasteiger partial charge in [-0.3, -0.25) is 0 Å². The third-order valence-corrected chi connectivity index (χ3v) is 13.5. The number of rotatable bonds is 11. The first-order valence-electron chi connectivity index (χ1n) is 24.0. The normalized spacial score (nSPS) is 11.1. The van der Waals surface area contributed by atoms with E-state index < -0.39 is 0 Å². The number of hydrogen-bond acceptors (Lipinski definition) is 2. The topological polar surface area (TPSA) is 6.48 Å². The number of benzene rings is 12. The van der Waals surface area contributed by atoms with Crippen molar-refractivity contribution in [2.45, 2.75) is 0 Å². The number of hydrogen-bond donors (Lipinski definition) is 0. The highest BCUT2D eigenvalue weighted by molar-refractivity contribution is 6.01. The molecule has 0 radical (unpaired) electrons. The van der Waals surface area contributed by atoms with Crippen molar-refractivity contribution >= 4 is 55.7 Å². The van der Waals surface area contributed by atoms with Gasteiger partial charge in [-0.2, -0.15) is 0 Å². The molecule has 12 aromatic rings. The fraction of sp³-hybridized carbons (Fsp3) is 0. The third-order valence-electron chi connectivity index (χ3n) is 13.5. The first-order valence-corrected chi connectivity index (χ1v) is 24.0. The van der Waals surface area contributed by atoms with Crippen molar-refractivity contribution in [1.29, 1.82) is 0 Å². The molecular weight excluding hydrogens is 845 g/mol. The van der Waals surface area contributed by atoms with E-state index in [1.165, 1.54) is 66.1 Å². The maximum absolute atomic E-state index is 2.41. The molecule has 0 saturated carbocycles. The second kappa shape index (κ2) is 18.8. The minimum absolute atomic E-state index is 1.08. The molecule has 0 aliphatic rings. The zero-order valence-electron chi connectivity index (χ0n) is 38.6. The van der Waals surface area contributed by atoms with Crippen LogP contribution in [0, 0.1) is 0 Å². The molecule has 0 aromatic heterocycles. The molecule has 0 bridgehead atoms. The highest BCUT2D eigenvalue weighted by Crippen LogP contribution is 2.44. The molecular formula is C68H48N2. The first kappa shape index (κ1) is 42.1. The molecule has 70 heavy (non-hydrogen) atoms. The van der Waals surface area contributed by atoms with Crippen LogP contribution in [-0.4, -0.2) is 0 Å². The second-order valence-corrected chi connectivity index (χ2v) is 17.7. The molecule has 0 saturated heterocycles. The predicted octanol–water partition coefficient (Wildman–Crippen LogP) is 19.3. The highest BCUT2D eigenvalue weighted by Gasteiger charge is 2.20. The fourth-order valence-corrected chi connectivity index (χ4v) is 9.98. The summed E-state index contributed by atoms with van der Waals surface area (Å²) in [4.78, 5) is 4.79. The van der Waals surface area contributed by atoms with E-state index >= 15 is 0 Å². The van der Waals surface area contributed by atoms with Gasteiger partial charge in [0.05, 0.1) is 11.4 Å². The molecule has 0 heterocycles. The lowest BCUT2D eigenvalue weighted by molar-refractivity contribution is 1.29. The standard InChI is InChI=1S/C68H48N2/c1-4-17-49(18-5-1)57-27-14-28-58(47-57)52-37-43-60(44-38-52)69(67-31-15-25-54-23-10-12-29-64(54)67)59-39-33-50(34-40-59)51-35-41-61(42-36-51)70(68-32-16-26-55-24-11-13-30-65(55)68)62-45-46-63(53-19-6-2-7-20-53)66(48-62)56-21-8-3-9-22-56/h1-48H. The number of fused-ring (bicyclic) bond motifs is 2. The van der Waals surface area contributed by atoms with Crippen LogP contribution < -0.4 is 9.80 Å². The summed E-state index contributed by atoms with van der Waals surface area (Å²) >= 11 is 0. The summed E-state index contributed by atoms with van der Waals surface area (Å²) < 4.78 is 0. The van der Waals surface area contributed by atoms with Gasteiger partial charge in [0.1, 0.15) is 0 Å². The Hall–Kier alpha value is -9.24. The SMILES string of the molecule is c1ccc(-c2cccc(-c3ccc(N(c4ccc(-c5ccc(N(c6ccc(-c7ccccc7)c(-c7ccccc7)c6)c6cccc7ccccc67)cc5)cc4)c4cccc5ccccc45)cc3)c2)cc1. The Morgan fingerprint density at radius 2 is 0.514 bits per heavy atom. The summed E-state index contributed by atoms with van der Waals surface area (Å²) in [6.45, 7) is 0. The summed E-state index contributed by atoms with van der Waals surface area (Å²) in [6, 6.07) is 105. The molecule has 0 amide bonds. The van der Waals surface area contributed by atoms with Crippen molar-refractivity contribution in [1.82, 2.24) is 0 Å². The molecule has 12 aromatic carbocycles. The molecule has 330 valence electrons. The van der Waals surface area contributed by atoms with Gasteiger partial charge >= 0.3 is 0 Å². The lowest BCUT2D eigenvalue weighted by Crippen LogP contribution is -2.11. The van der Waals surface area contributed by atoms with Crippen LogP contribution in [-0.2, 0) is 0 Å². The highest BCUT2D eigenvalue weighted by atomic mass is 15.1. The van der Waals surface area contributed by atoms with E-state index in [9.17, 15) is 0 Å². The van der Waals surface area contributed by atoms with Gasteiger partial charge in [-0.15, -0.1) is 0 Å². The zero-order chi connectivity index (χ0) is 46.6. The average Bonchev–Trinajstić information content (AvgIpc) is 3.44. The van der Waals surface area contributed by atoms with Gasteiger partial charge < -0.3 is 9.80 Å². The van der Waals surface area contributed by atoms with Crippen molar-refractivity contribution in [3.05, 3.63) is 291 Å². The molecule has 0 spiro atoms. The van der Waals surface area contributed by atoms with E-state index in [-0.39, 0.29) is 0 Å². The molecule has 0 aliphatic heterocycles. The van der Waals surface area contributed by atoms with Gasteiger partial charge in [0, 0.05) is 33.5 Å². The van der Waals surface area contributed by atoms with Crippen molar-refractivity contribution in [2.75, 3.05) is 9.80 Å². The van der Waals surface area contributed by atoms with Crippen molar-refractivity contribution < 1.29 is 0 Å². The lowest BCUT2D eigenvalue weighted by Gasteiger charge is -2.28. The number of anilines is 6. The minimum atomic E-state index is 1.08. The van der Waals surface area contributed by atoms with Crippen LogP contribution in [0.5, 0.6) is 0 Å². The molecule has 0 N–H and O–H groups in total. The Morgan fingerprint density at radius 3 is 1.00 bits per heavy atom. The van der Waals surface area contributed by atoms with E-state index in [4.69, 9.17) is 0 Å². The van der Waals surface area contributed by atoms with E-state index in [0.717, 1.165) is 45.3 Å². The summed E-state index contributed by atoms with van der Waals surface area (Å²) in [5.41, 5.74) is 18.5. The van der Waals surface area contributed by atoms with Crippen molar-refractivity contribution in [2.24, 2.45) is 0 Å². The van der Waals surface area contributed by atoms with Gasteiger partial charge in [-0.1, -0.05) is 224 Å². The quantitative estimate of drug-likeness (QED) is 0.128. The van der Waals surface area contributed by atoms with Gasteiger partial charge in [0.2, 0.25) is 0 Å². The third kappa shape index (κ3) is 8.29. The van der Waals surface area contributed by atoms with Crippen LogP contribution >= 0.6 is 0 Å². The lowest BCUT2D eigenvalue weighted by atomic mass is 9.93. The Morgan fingerprint density at radius 1 is 0.186 bits per heavy atom. The Bertz CT molecular complexity index is 3720. The van der Waals surface area contributed by atoms with Crippen LogP contribution in [0.3, 0.4) is 0 Å². The van der Waals surface area contributed by atoms with Gasteiger partial charge in [0.25, 0.3) is 0 Å². The molecule has 0 aliphatic carbocycles. The second-order valence-electron chi connectivity index (χ2n) is 17.7. The molecule has 2 heteroatoms. The summed E-state index contributed by atoms with van der Waals surface area (Å²) in [7, 11) is 0. The predicted molar refractivity (Wildman–Crippen MR) is 298 cm³/mol. The fourth-order valence-electron chi connectivity index (χ4n) is 9.98. The summed E-state index contributed by atoms with van der Waals surface area (Å²) in [5, 5.41) is 4.80. The molecule has 0 atom stereocenters. The van der Waals surface area contributed by atoms with Crippen LogP contribution in [0.2, 0.25) is 0 Å². The van der Waals surface area contributed by atoms with Crippen molar-refractivity contribution in [3.8, 4) is 55.6 Å². The Labute approximate surface area is 410 Å². The van der Waals surface area contributed by atoms with Crippen LogP contribution in [0.25, 0.3) is 77.2 Å². The molecule has 0 unspecified atom stereocenters. The van der Waals surface area contributed by atoms with Crippen LogP contribution in [0.4, 0.5) is 34.1 Å². The largest absolute Gasteiger partial charge is 0.310 e. The Kier molecular flexibility index (Phi) is 11.3. The molecule has 12 rings (SSSR count). The van der Waals surface area contributed by atoms with Crippen LogP contribution in [0.1, 0.15) is 0 Å². The van der Waals surface area contributed by atoms with E-state index in [0.29, 0.717) is 0 Å². The summed E-state index contributed by atoms with van der Waals surface area (Å²) in [5.74, 6) is 0. The van der Waals surface area contributed by atoms with Gasteiger partial charge in [-0.05, 0) is 133 Å². The van der Waals surface area contributed by atoms with Gasteiger partial charge in [-0.25, -0.2) is 0 Å². The Balaban J connectivity index is 0.908. The maximum Gasteiger partial charge on any atom is 0.0540 e. The van der Waals surface area contributed by atoms with E-state index in [1.54, 1.807) is 0 Å². The monoisotopic (exact) mass is 892 g/mol. The molecule has 0 fully saturated rings. The summed E-state index contributed by atoms with van der Waals surface area (Å²) in [6.07, 6.45) is 0. The van der Waals surface area contributed by atoms with Crippen molar-refractivity contribution in [3.63, 3.8) is 0 Å². The molecule has 2 nitrogen and oxygen atoms in total. The van der Waals surface area contributed by atoms with E-state index in [2.05, 4.69) is 301 Å². The van der Waals surface area contributed by atoms with Crippen LogP contribution in [0.15, 0.2) is 291 Å². The average molecular weight is 893 g/mol. The number of nitrogens with zero attached hydrogens (tertiary/aromatic N) is 2. The van der Waals surface area contributed by atoms with E-state index in [1.807, 2.05) is 0 Å².